The standard InChI is InChI=1S/C20H22BrN3OS2/c1-14-4-7-16(8-5-14)26-13-19(25)24(11-10-23(2)3)20-22-17-9-6-15(21)12-18(17)27-20/h4-9,12H,10-11,13H2,1-3H3. The number of hydrogen-bond donors (Lipinski definition) is 0. The largest absolute Gasteiger partial charge is 0.308 e. The Balaban J connectivity index is 1.78. The van der Waals surface area contributed by atoms with Crippen molar-refractivity contribution < 1.29 is 4.79 Å². The van der Waals surface area contributed by atoms with Gasteiger partial charge in [0.15, 0.2) is 5.13 Å². The molecule has 0 aliphatic rings. The molecule has 0 saturated carbocycles. The molecular weight excluding hydrogens is 442 g/mol. The van der Waals surface area contributed by atoms with Gasteiger partial charge in [-0.3, -0.25) is 9.69 Å². The molecule has 1 heterocycles. The SMILES string of the molecule is Cc1ccc(SCC(=O)N(CCN(C)C)c2nc3ccc(Br)cc3s2)cc1. The number of carbonyl (C=O) groups is 1. The minimum Gasteiger partial charge on any atom is -0.308 e. The zero-order valence-corrected chi connectivity index (χ0v) is 18.8. The van der Waals surface area contributed by atoms with Crippen LogP contribution in [0.15, 0.2) is 51.8 Å². The van der Waals surface area contributed by atoms with Gasteiger partial charge in [0.1, 0.15) is 0 Å². The summed E-state index contributed by atoms with van der Waals surface area (Å²) in [6.45, 7) is 3.48. The van der Waals surface area contributed by atoms with E-state index in [2.05, 4.69) is 52.0 Å². The normalized spacial score (nSPS) is 11.3. The molecule has 0 unspecified atom stereocenters. The molecule has 2 aromatic carbocycles. The van der Waals surface area contributed by atoms with Crippen molar-refractivity contribution >= 4 is 60.3 Å². The molecule has 0 spiro atoms. The van der Waals surface area contributed by atoms with Crippen molar-refractivity contribution in [3.8, 4) is 0 Å². The van der Waals surface area contributed by atoms with Crippen molar-refractivity contribution in [1.82, 2.24) is 9.88 Å². The summed E-state index contributed by atoms with van der Waals surface area (Å²) in [7, 11) is 4.03. The number of aryl methyl sites for hydroxylation is 1. The molecule has 142 valence electrons. The number of fused-ring (bicyclic) bond motifs is 1. The molecule has 1 aromatic heterocycles. The lowest BCUT2D eigenvalue weighted by atomic mass is 10.2. The van der Waals surface area contributed by atoms with Gasteiger partial charge in [0.25, 0.3) is 0 Å². The first-order valence-corrected chi connectivity index (χ1v) is 11.2. The van der Waals surface area contributed by atoms with E-state index in [4.69, 9.17) is 4.98 Å². The minimum atomic E-state index is 0.0838. The van der Waals surface area contributed by atoms with Crippen molar-refractivity contribution in [3.05, 3.63) is 52.5 Å². The number of nitrogens with zero attached hydrogens (tertiary/aromatic N) is 3. The van der Waals surface area contributed by atoms with Crippen LogP contribution in [-0.2, 0) is 4.79 Å². The van der Waals surface area contributed by atoms with Gasteiger partial charge in [-0.15, -0.1) is 11.8 Å². The van der Waals surface area contributed by atoms with Gasteiger partial charge in [0.05, 0.1) is 16.0 Å². The Morgan fingerprint density at radius 2 is 1.89 bits per heavy atom. The van der Waals surface area contributed by atoms with Gasteiger partial charge in [-0.2, -0.15) is 0 Å². The fraction of sp³-hybridized carbons (Fsp3) is 0.300. The number of rotatable bonds is 7. The molecule has 0 aliphatic heterocycles. The quantitative estimate of drug-likeness (QED) is 0.459. The van der Waals surface area contributed by atoms with Gasteiger partial charge in [0.2, 0.25) is 5.91 Å². The molecule has 3 rings (SSSR count). The Bertz CT molecular complexity index is 925. The summed E-state index contributed by atoms with van der Waals surface area (Å²) in [6, 6.07) is 14.3. The minimum absolute atomic E-state index is 0.0838. The molecule has 3 aromatic rings. The summed E-state index contributed by atoms with van der Waals surface area (Å²) < 4.78 is 2.10. The highest BCUT2D eigenvalue weighted by Gasteiger charge is 2.20. The summed E-state index contributed by atoms with van der Waals surface area (Å²) in [5.74, 6) is 0.483. The second-order valence-electron chi connectivity index (χ2n) is 6.56. The number of hydrogen-bond acceptors (Lipinski definition) is 5. The number of thiazole rings is 1. The monoisotopic (exact) mass is 463 g/mol. The number of anilines is 1. The first-order chi connectivity index (χ1) is 12.9. The van der Waals surface area contributed by atoms with Gasteiger partial charge in [-0.25, -0.2) is 4.98 Å². The topological polar surface area (TPSA) is 36.4 Å². The highest BCUT2D eigenvalue weighted by atomic mass is 79.9. The molecule has 1 amide bonds. The number of likely N-dealkylation sites (N-methyl/N-ethyl adjacent to an activating group) is 1. The number of carbonyl (C=O) groups excluding carboxylic acids is 1. The van der Waals surface area contributed by atoms with Crippen LogP contribution < -0.4 is 4.90 Å². The van der Waals surface area contributed by atoms with Gasteiger partial charge in [-0.05, 0) is 51.4 Å². The van der Waals surface area contributed by atoms with Gasteiger partial charge < -0.3 is 4.90 Å². The molecule has 0 radical (unpaired) electrons. The van der Waals surface area contributed by atoms with Crippen LogP contribution >= 0.6 is 39.0 Å². The van der Waals surface area contributed by atoms with E-state index < -0.39 is 0 Å². The smallest absolute Gasteiger partial charge is 0.239 e. The third-order valence-corrected chi connectivity index (χ3v) is 6.56. The van der Waals surface area contributed by atoms with Crippen molar-refractivity contribution in [2.45, 2.75) is 11.8 Å². The molecule has 0 bridgehead atoms. The first kappa shape index (κ1) is 20.3. The lowest BCUT2D eigenvalue weighted by molar-refractivity contribution is -0.116. The van der Waals surface area contributed by atoms with Crippen LogP contribution in [0.4, 0.5) is 5.13 Å². The Hall–Kier alpha value is -1.41. The lowest BCUT2D eigenvalue weighted by Crippen LogP contribution is -2.37. The van der Waals surface area contributed by atoms with E-state index >= 15 is 0 Å². The van der Waals surface area contributed by atoms with E-state index in [1.165, 1.54) is 5.56 Å². The van der Waals surface area contributed by atoms with Crippen molar-refractivity contribution in [2.24, 2.45) is 0 Å². The fourth-order valence-electron chi connectivity index (χ4n) is 2.49. The Kier molecular flexibility index (Phi) is 6.92. The highest BCUT2D eigenvalue weighted by molar-refractivity contribution is 9.10. The lowest BCUT2D eigenvalue weighted by Gasteiger charge is -2.21. The molecule has 0 aliphatic carbocycles. The second kappa shape index (κ2) is 9.19. The van der Waals surface area contributed by atoms with E-state index in [0.717, 1.165) is 31.3 Å². The summed E-state index contributed by atoms with van der Waals surface area (Å²) in [4.78, 5) is 22.7. The number of halogens is 1. The number of aromatic nitrogens is 1. The van der Waals surface area contributed by atoms with Gasteiger partial charge in [0, 0.05) is 22.5 Å². The maximum atomic E-state index is 13.0. The molecular formula is C20H22BrN3OS2. The van der Waals surface area contributed by atoms with E-state index in [1.54, 1.807) is 23.1 Å². The van der Waals surface area contributed by atoms with Gasteiger partial charge >= 0.3 is 0 Å². The molecule has 4 nitrogen and oxygen atoms in total. The van der Waals surface area contributed by atoms with Crippen LogP contribution in [0.3, 0.4) is 0 Å². The summed E-state index contributed by atoms with van der Waals surface area (Å²) >= 11 is 6.63. The van der Waals surface area contributed by atoms with Crippen LogP contribution in [0.5, 0.6) is 0 Å². The van der Waals surface area contributed by atoms with Gasteiger partial charge in [-0.1, -0.05) is 45.0 Å². The zero-order valence-electron chi connectivity index (χ0n) is 15.6. The predicted molar refractivity (Wildman–Crippen MR) is 120 cm³/mol. The molecule has 7 heteroatoms. The van der Waals surface area contributed by atoms with Crippen LogP contribution in [0.2, 0.25) is 0 Å². The van der Waals surface area contributed by atoms with Crippen LogP contribution in [-0.4, -0.2) is 48.7 Å². The van der Waals surface area contributed by atoms with Crippen LogP contribution in [0.25, 0.3) is 10.2 Å². The number of thioether (sulfide) groups is 1. The summed E-state index contributed by atoms with van der Waals surface area (Å²) in [6.07, 6.45) is 0. The van der Waals surface area contributed by atoms with E-state index in [-0.39, 0.29) is 5.91 Å². The average Bonchev–Trinajstić information content (AvgIpc) is 3.03. The predicted octanol–water partition coefficient (Wildman–Crippen LogP) is 5.05. The third-order valence-electron chi connectivity index (χ3n) is 4.03. The third kappa shape index (κ3) is 5.54. The first-order valence-electron chi connectivity index (χ1n) is 8.63. The maximum absolute atomic E-state index is 13.0. The summed E-state index contributed by atoms with van der Waals surface area (Å²) in [5, 5.41) is 0.763. The molecule has 0 atom stereocenters. The summed E-state index contributed by atoms with van der Waals surface area (Å²) in [5.41, 5.74) is 2.14. The Morgan fingerprint density at radius 1 is 1.15 bits per heavy atom. The average molecular weight is 464 g/mol. The number of benzene rings is 2. The van der Waals surface area contributed by atoms with Crippen molar-refractivity contribution in [3.63, 3.8) is 0 Å². The second-order valence-corrected chi connectivity index (χ2v) is 9.53. The Morgan fingerprint density at radius 3 is 2.59 bits per heavy atom. The molecule has 27 heavy (non-hydrogen) atoms. The molecule has 0 fully saturated rings. The zero-order chi connectivity index (χ0) is 19.4. The van der Waals surface area contributed by atoms with Crippen LogP contribution in [0, 0.1) is 6.92 Å². The molecule has 0 N–H and O–H groups in total. The fourth-order valence-corrected chi connectivity index (χ4v) is 4.82. The van der Waals surface area contributed by atoms with Crippen molar-refractivity contribution in [1.29, 1.82) is 0 Å². The van der Waals surface area contributed by atoms with E-state index in [1.807, 2.05) is 37.2 Å². The Labute approximate surface area is 176 Å². The molecule has 0 saturated heterocycles. The number of amides is 1. The van der Waals surface area contributed by atoms with E-state index in [9.17, 15) is 4.79 Å². The highest BCUT2D eigenvalue weighted by Crippen LogP contribution is 2.31. The maximum Gasteiger partial charge on any atom is 0.239 e. The van der Waals surface area contributed by atoms with E-state index in [0.29, 0.717) is 12.3 Å². The van der Waals surface area contributed by atoms with Crippen molar-refractivity contribution in [2.75, 3.05) is 37.8 Å². The van der Waals surface area contributed by atoms with Crippen LogP contribution in [0.1, 0.15) is 5.56 Å².